The minimum Gasteiger partial charge on any atom is -0.459 e. The summed E-state index contributed by atoms with van der Waals surface area (Å²) < 4.78 is 4.72. The van der Waals surface area contributed by atoms with Crippen LogP contribution in [0.3, 0.4) is 0 Å². The number of rotatable bonds is 2. The monoisotopic (exact) mass is 141 g/mol. The summed E-state index contributed by atoms with van der Waals surface area (Å²) in [5.41, 5.74) is 0. The Balaban J connectivity index is 2.59. The van der Waals surface area contributed by atoms with Gasteiger partial charge in [0.05, 0.1) is 6.26 Å². The summed E-state index contributed by atoms with van der Waals surface area (Å²) in [5.74, 6) is -0.207. The average Bonchev–Trinajstić information content (AvgIpc) is 2.38. The van der Waals surface area contributed by atoms with Crippen LogP contribution in [0.25, 0.3) is 0 Å². The molecule has 0 saturated carbocycles. The SMILES string of the molecule is O=C(NCO)c1ccco1. The predicted molar refractivity (Wildman–Crippen MR) is 33.3 cm³/mol. The molecule has 0 radical (unpaired) electrons. The summed E-state index contributed by atoms with van der Waals surface area (Å²) in [6.45, 7) is -0.375. The third kappa shape index (κ3) is 1.35. The van der Waals surface area contributed by atoms with Crippen LogP contribution in [0.1, 0.15) is 10.6 Å². The number of aliphatic hydroxyl groups is 1. The molecule has 1 aromatic rings. The highest BCUT2D eigenvalue weighted by atomic mass is 16.3. The molecule has 10 heavy (non-hydrogen) atoms. The number of carbonyl (C=O) groups excluding carboxylic acids is 1. The van der Waals surface area contributed by atoms with Crippen LogP contribution in [-0.2, 0) is 0 Å². The van der Waals surface area contributed by atoms with Crippen LogP contribution in [0, 0.1) is 0 Å². The van der Waals surface area contributed by atoms with Gasteiger partial charge in [0.25, 0.3) is 5.91 Å². The second kappa shape index (κ2) is 3.03. The molecule has 0 bridgehead atoms. The molecular weight excluding hydrogens is 134 g/mol. The van der Waals surface area contributed by atoms with E-state index < -0.39 is 5.91 Å². The summed E-state index contributed by atoms with van der Waals surface area (Å²) in [5, 5.41) is 10.4. The van der Waals surface area contributed by atoms with Crippen LogP contribution in [0.5, 0.6) is 0 Å². The zero-order valence-corrected chi connectivity index (χ0v) is 5.20. The molecule has 0 aliphatic heterocycles. The number of hydrogen-bond donors (Lipinski definition) is 2. The molecule has 1 amide bonds. The Kier molecular flexibility index (Phi) is 2.07. The Hall–Kier alpha value is -1.29. The van der Waals surface area contributed by atoms with E-state index in [1.165, 1.54) is 12.3 Å². The zero-order chi connectivity index (χ0) is 7.40. The summed E-state index contributed by atoms with van der Waals surface area (Å²) in [6, 6.07) is 3.12. The average molecular weight is 141 g/mol. The fourth-order valence-corrected chi connectivity index (χ4v) is 0.567. The second-order valence-electron chi connectivity index (χ2n) is 1.64. The van der Waals surface area contributed by atoms with Crippen molar-refractivity contribution in [1.29, 1.82) is 0 Å². The topological polar surface area (TPSA) is 62.5 Å². The minimum atomic E-state index is -0.410. The van der Waals surface area contributed by atoms with Gasteiger partial charge in [-0.05, 0) is 12.1 Å². The Bertz CT molecular complexity index is 205. The molecule has 1 aromatic heterocycles. The maximum Gasteiger partial charge on any atom is 0.288 e. The van der Waals surface area contributed by atoms with Crippen molar-refractivity contribution in [3.8, 4) is 0 Å². The Morgan fingerprint density at radius 1 is 1.80 bits per heavy atom. The van der Waals surface area contributed by atoms with E-state index in [0.717, 1.165) is 0 Å². The molecule has 0 unspecified atom stereocenters. The first-order chi connectivity index (χ1) is 4.84. The van der Waals surface area contributed by atoms with Gasteiger partial charge in [-0.3, -0.25) is 4.79 Å². The fraction of sp³-hybridized carbons (Fsp3) is 0.167. The zero-order valence-electron chi connectivity index (χ0n) is 5.20. The molecule has 1 rings (SSSR count). The van der Waals surface area contributed by atoms with Gasteiger partial charge in [0.1, 0.15) is 6.73 Å². The molecule has 0 atom stereocenters. The lowest BCUT2D eigenvalue weighted by Crippen LogP contribution is -2.23. The molecule has 2 N–H and O–H groups in total. The van der Waals surface area contributed by atoms with Gasteiger partial charge in [0.2, 0.25) is 0 Å². The maximum atomic E-state index is 10.7. The maximum absolute atomic E-state index is 10.7. The van der Waals surface area contributed by atoms with E-state index in [0.29, 0.717) is 0 Å². The number of furan rings is 1. The van der Waals surface area contributed by atoms with Gasteiger partial charge in [-0.1, -0.05) is 0 Å². The molecule has 0 aliphatic carbocycles. The summed E-state index contributed by atoms with van der Waals surface area (Å²) >= 11 is 0. The molecular formula is C6H7NO3. The number of aliphatic hydroxyl groups excluding tert-OH is 1. The van der Waals surface area contributed by atoms with Crippen molar-refractivity contribution in [2.75, 3.05) is 6.73 Å². The van der Waals surface area contributed by atoms with Gasteiger partial charge in [-0.15, -0.1) is 0 Å². The Labute approximate surface area is 57.5 Å². The van der Waals surface area contributed by atoms with Crippen LogP contribution in [0.4, 0.5) is 0 Å². The van der Waals surface area contributed by atoms with Gasteiger partial charge in [0, 0.05) is 0 Å². The van der Waals surface area contributed by atoms with Crippen molar-refractivity contribution in [3.05, 3.63) is 24.2 Å². The molecule has 0 fully saturated rings. The van der Waals surface area contributed by atoms with Crippen molar-refractivity contribution < 1.29 is 14.3 Å². The van der Waals surface area contributed by atoms with Crippen LogP contribution in [0.2, 0.25) is 0 Å². The van der Waals surface area contributed by atoms with Crippen molar-refractivity contribution in [3.63, 3.8) is 0 Å². The van der Waals surface area contributed by atoms with Gasteiger partial charge < -0.3 is 14.8 Å². The lowest BCUT2D eigenvalue weighted by molar-refractivity contribution is 0.0882. The standard InChI is InChI=1S/C6H7NO3/c8-4-7-6(9)5-2-1-3-10-5/h1-3,8H,4H2,(H,7,9). The number of hydrogen-bond acceptors (Lipinski definition) is 3. The molecule has 4 nitrogen and oxygen atoms in total. The van der Waals surface area contributed by atoms with Crippen molar-refractivity contribution >= 4 is 5.91 Å². The molecule has 0 aromatic carbocycles. The molecule has 1 heterocycles. The second-order valence-corrected chi connectivity index (χ2v) is 1.64. The quantitative estimate of drug-likeness (QED) is 0.568. The molecule has 4 heteroatoms. The first kappa shape index (κ1) is 6.82. The minimum absolute atomic E-state index is 0.203. The van der Waals surface area contributed by atoms with Crippen LogP contribution in [0.15, 0.2) is 22.8 Å². The third-order valence-corrected chi connectivity index (χ3v) is 0.985. The van der Waals surface area contributed by atoms with Crippen molar-refractivity contribution in [1.82, 2.24) is 5.32 Å². The summed E-state index contributed by atoms with van der Waals surface area (Å²) in [4.78, 5) is 10.7. The highest BCUT2D eigenvalue weighted by Crippen LogP contribution is 1.97. The molecule has 0 aliphatic rings. The van der Waals surface area contributed by atoms with Gasteiger partial charge >= 0.3 is 0 Å². The first-order valence-corrected chi connectivity index (χ1v) is 2.77. The Morgan fingerprint density at radius 3 is 3.10 bits per heavy atom. The van der Waals surface area contributed by atoms with Gasteiger partial charge in [-0.25, -0.2) is 0 Å². The lowest BCUT2D eigenvalue weighted by Gasteiger charge is -1.94. The van der Waals surface area contributed by atoms with E-state index >= 15 is 0 Å². The van der Waals surface area contributed by atoms with Gasteiger partial charge in [-0.2, -0.15) is 0 Å². The van der Waals surface area contributed by atoms with E-state index in [4.69, 9.17) is 9.52 Å². The highest BCUT2D eigenvalue weighted by Gasteiger charge is 2.04. The van der Waals surface area contributed by atoms with E-state index in [2.05, 4.69) is 5.32 Å². The normalized spacial score (nSPS) is 9.30. The van der Waals surface area contributed by atoms with E-state index in [9.17, 15) is 4.79 Å². The van der Waals surface area contributed by atoms with Crippen molar-refractivity contribution in [2.45, 2.75) is 0 Å². The third-order valence-electron chi connectivity index (χ3n) is 0.985. The summed E-state index contributed by atoms with van der Waals surface area (Å²) in [7, 11) is 0. The van der Waals surface area contributed by atoms with Gasteiger partial charge in [0.15, 0.2) is 5.76 Å². The first-order valence-electron chi connectivity index (χ1n) is 2.77. The van der Waals surface area contributed by atoms with Crippen LogP contribution < -0.4 is 5.32 Å². The largest absolute Gasteiger partial charge is 0.459 e. The Morgan fingerprint density at radius 2 is 2.60 bits per heavy atom. The van der Waals surface area contributed by atoms with Crippen LogP contribution in [-0.4, -0.2) is 17.7 Å². The number of amides is 1. The molecule has 0 spiro atoms. The van der Waals surface area contributed by atoms with E-state index in [1.807, 2.05) is 0 Å². The molecule has 0 saturated heterocycles. The number of carbonyl (C=O) groups is 1. The van der Waals surface area contributed by atoms with Crippen LogP contribution >= 0.6 is 0 Å². The smallest absolute Gasteiger partial charge is 0.288 e. The molecule has 54 valence electrons. The van der Waals surface area contributed by atoms with E-state index in [1.54, 1.807) is 6.07 Å². The highest BCUT2D eigenvalue weighted by molar-refractivity contribution is 5.91. The predicted octanol–water partition coefficient (Wildman–Crippen LogP) is -0.0408. The lowest BCUT2D eigenvalue weighted by atomic mass is 10.4. The van der Waals surface area contributed by atoms with E-state index in [-0.39, 0.29) is 12.5 Å². The van der Waals surface area contributed by atoms with Crippen molar-refractivity contribution in [2.24, 2.45) is 0 Å². The number of nitrogens with one attached hydrogen (secondary N) is 1. The summed E-state index contributed by atoms with van der Waals surface area (Å²) in [6.07, 6.45) is 1.40. The fourth-order valence-electron chi connectivity index (χ4n) is 0.567.